The molecule has 0 saturated heterocycles. The van der Waals surface area contributed by atoms with Gasteiger partial charge >= 0.3 is 0 Å². The molecule has 0 fully saturated rings. The first-order valence-electron chi connectivity index (χ1n) is 10.0. The molecule has 0 aliphatic heterocycles. The molecule has 1 amide bonds. The number of nitrogens with one attached hydrogen (secondary N) is 2. The van der Waals surface area contributed by atoms with Crippen molar-refractivity contribution in [3.63, 3.8) is 0 Å². The molecule has 3 aromatic carbocycles. The summed E-state index contributed by atoms with van der Waals surface area (Å²) in [7, 11) is 1.37. The van der Waals surface area contributed by atoms with Crippen molar-refractivity contribution in [1.82, 2.24) is 0 Å². The number of hydrogen-bond donors (Lipinski definition) is 2. The average molecular weight is 576 g/mol. The predicted molar refractivity (Wildman–Crippen MR) is 139 cm³/mol. The van der Waals surface area contributed by atoms with E-state index in [2.05, 4.69) is 10.0 Å². The van der Waals surface area contributed by atoms with Crippen LogP contribution in [-0.4, -0.2) is 42.8 Å². The summed E-state index contributed by atoms with van der Waals surface area (Å²) in [5.74, 6) is 0.621. The molecule has 0 spiro atoms. The minimum Gasteiger partial charge on any atom is -0.497 e. The van der Waals surface area contributed by atoms with E-state index in [4.69, 9.17) is 53.8 Å². The molecule has 0 heterocycles. The van der Waals surface area contributed by atoms with E-state index in [0.29, 0.717) is 17.2 Å². The summed E-state index contributed by atoms with van der Waals surface area (Å²) in [6.07, 6.45) is 0. The molecule has 0 aliphatic carbocycles. The second-order valence-corrected chi connectivity index (χ2v) is 9.98. The maximum Gasteiger partial charge on any atom is 0.263 e. The third-order valence-corrected chi connectivity index (χ3v) is 7.32. The summed E-state index contributed by atoms with van der Waals surface area (Å²) in [5.41, 5.74) is 0.231. The number of carbonyl (C=O) groups excluding carboxylic acids is 1. The monoisotopic (exact) mass is 574 g/mol. The fraction of sp³-hybridized carbons (Fsp3) is 0.174. The normalized spacial score (nSPS) is 11.0. The van der Waals surface area contributed by atoms with Crippen molar-refractivity contribution >= 4 is 62.1 Å². The van der Waals surface area contributed by atoms with Crippen LogP contribution in [0.25, 0.3) is 0 Å². The number of hydrogen-bond acceptors (Lipinski definition) is 7. The highest BCUT2D eigenvalue weighted by atomic mass is 35.5. The third-order valence-electron chi connectivity index (χ3n) is 4.88. The van der Waals surface area contributed by atoms with Gasteiger partial charge in [0.15, 0.2) is 0 Å². The van der Waals surface area contributed by atoms with E-state index < -0.39 is 20.8 Å². The lowest BCUT2D eigenvalue weighted by molar-refractivity contribution is 0.102. The lowest BCUT2D eigenvalue weighted by atomic mass is 10.2. The van der Waals surface area contributed by atoms with Crippen LogP contribution < -0.4 is 29.0 Å². The number of methoxy groups -OCH3 is 4. The van der Waals surface area contributed by atoms with Crippen molar-refractivity contribution in [1.29, 1.82) is 0 Å². The molecule has 0 atom stereocenters. The fourth-order valence-electron chi connectivity index (χ4n) is 3.13. The Morgan fingerprint density at radius 3 is 1.89 bits per heavy atom. The number of sulfonamides is 1. The Morgan fingerprint density at radius 1 is 0.722 bits per heavy atom. The van der Waals surface area contributed by atoms with Crippen LogP contribution in [0.2, 0.25) is 15.1 Å². The highest BCUT2D eigenvalue weighted by Gasteiger charge is 2.25. The summed E-state index contributed by atoms with van der Waals surface area (Å²) in [6.45, 7) is 0. The van der Waals surface area contributed by atoms with Crippen LogP contribution in [0.1, 0.15) is 10.4 Å². The zero-order valence-corrected chi connectivity index (χ0v) is 22.5. The minimum absolute atomic E-state index is 0.0313. The summed E-state index contributed by atoms with van der Waals surface area (Å²) in [5, 5.41) is 2.53. The first kappa shape index (κ1) is 27.5. The van der Waals surface area contributed by atoms with Gasteiger partial charge in [-0.15, -0.1) is 0 Å². The van der Waals surface area contributed by atoms with Crippen molar-refractivity contribution in [3.8, 4) is 23.0 Å². The molecule has 9 nitrogen and oxygen atoms in total. The van der Waals surface area contributed by atoms with Gasteiger partial charge in [-0.3, -0.25) is 9.52 Å². The Kier molecular flexibility index (Phi) is 8.67. The second-order valence-electron chi connectivity index (χ2n) is 7.11. The average Bonchev–Trinajstić information content (AvgIpc) is 2.83. The Bertz CT molecular complexity index is 1390. The SMILES string of the molecule is COc1cc(NC(=O)c2cc(S(=O)(=O)Nc3cc(Cl)c(OC)cc3OC)c(Cl)cc2Cl)cc(OC)c1. The molecular formula is C23H21Cl3N2O7S. The minimum atomic E-state index is -4.32. The molecule has 192 valence electrons. The number of carbonyl (C=O) groups is 1. The lowest BCUT2D eigenvalue weighted by Gasteiger charge is -2.16. The molecule has 0 aromatic heterocycles. The van der Waals surface area contributed by atoms with Crippen molar-refractivity contribution in [2.45, 2.75) is 4.90 Å². The lowest BCUT2D eigenvalue weighted by Crippen LogP contribution is -2.17. The molecule has 36 heavy (non-hydrogen) atoms. The molecule has 0 saturated carbocycles. The topological polar surface area (TPSA) is 112 Å². The van der Waals surface area contributed by atoms with Gasteiger partial charge in [-0.25, -0.2) is 8.42 Å². The van der Waals surface area contributed by atoms with Gasteiger partial charge in [0.25, 0.3) is 15.9 Å². The van der Waals surface area contributed by atoms with E-state index in [-0.39, 0.29) is 37.8 Å². The van der Waals surface area contributed by atoms with Crippen LogP contribution >= 0.6 is 34.8 Å². The number of halogens is 3. The first-order chi connectivity index (χ1) is 17.0. The fourth-order valence-corrected chi connectivity index (χ4v) is 5.29. The van der Waals surface area contributed by atoms with Gasteiger partial charge < -0.3 is 24.3 Å². The van der Waals surface area contributed by atoms with E-state index in [1.165, 1.54) is 40.6 Å². The summed E-state index contributed by atoms with van der Waals surface area (Å²) < 4.78 is 49.6. The van der Waals surface area contributed by atoms with E-state index in [1.807, 2.05) is 0 Å². The number of anilines is 2. The highest BCUT2D eigenvalue weighted by Crippen LogP contribution is 2.38. The van der Waals surface area contributed by atoms with Crippen molar-refractivity contribution < 1.29 is 32.2 Å². The maximum absolute atomic E-state index is 13.2. The van der Waals surface area contributed by atoms with E-state index in [1.54, 1.807) is 18.2 Å². The van der Waals surface area contributed by atoms with Gasteiger partial charge in [-0.2, -0.15) is 0 Å². The molecule has 0 unspecified atom stereocenters. The first-order valence-corrected chi connectivity index (χ1v) is 12.6. The highest BCUT2D eigenvalue weighted by molar-refractivity contribution is 7.92. The molecule has 0 bridgehead atoms. The molecule has 13 heteroatoms. The molecule has 3 rings (SSSR count). The van der Waals surface area contributed by atoms with E-state index in [0.717, 1.165) is 12.1 Å². The Morgan fingerprint density at radius 2 is 1.33 bits per heavy atom. The summed E-state index contributed by atoms with van der Waals surface area (Å²) >= 11 is 18.6. The van der Waals surface area contributed by atoms with Crippen LogP contribution in [0.3, 0.4) is 0 Å². The van der Waals surface area contributed by atoms with E-state index >= 15 is 0 Å². The number of ether oxygens (including phenoxy) is 4. The molecule has 2 N–H and O–H groups in total. The van der Waals surface area contributed by atoms with Gasteiger partial charge in [0.1, 0.15) is 27.9 Å². The number of amides is 1. The Balaban J connectivity index is 1.98. The van der Waals surface area contributed by atoms with Gasteiger partial charge in [0.2, 0.25) is 0 Å². The van der Waals surface area contributed by atoms with E-state index in [9.17, 15) is 13.2 Å². The van der Waals surface area contributed by atoms with Crippen molar-refractivity contribution in [2.75, 3.05) is 38.5 Å². The second kappa shape index (κ2) is 11.3. The third kappa shape index (κ3) is 6.01. The van der Waals surface area contributed by atoms with Crippen LogP contribution in [0.4, 0.5) is 11.4 Å². The zero-order valence-electron chi connectivity index (χ0n) is 19.4. The van der Waals surface area contributed by atoms with Crippen molar-refractivity contribution in [2.24, 2.45) is 0 Å². The molecule has 0 radical (unpaired) electrons. The summed E-state index contributed by atoms with van der Waals surface area (Å²) in [6, 6.07) is 9.72. The number of rotatable bonds is 9. The predicted octanol–water partition coefficient (Wildman–Crippen LogP) is 5.73. The summed E-state index contributed by atoms with van der Waals surface area (Å²) in [4.78, 5) is 12.6. The largest absolute Gasteiger partial charge is 0.497 e. The van der Waals surface area contributed by atoms with Gasteiger partial charge in [0.05, 0.1) is 54.8 Å². The standard InChI is InChI=1S/C23H21Cl3N2O7S/c1-32-13-5-12(6-14(7-13)33-2)27-23(29)15-8-22(18(26)9-16(15)24)36(30,31)28-19-10-17(25)20(34-3)11-21(19)35-4/h5-11,28H,1-4H3,(H,27,29). The van der Waals surface area contributed by atoms with Gasteiger partial charge in [-0.05, 0) is 18.2 Å². The smallest absolute Gasteiger partial charge is 0.263 e. The Hall–Kier alpha value is -3.05. The number of benzene rings is 3. The van der Waals surface area contributed by atoms with Crippen LogP contribution in [0.15, 0.2) is 47.4 Å². The zero-order chi connectivity index (χ0) is 26.6. The van der Waals surface area contributed by atoms with Crippen LogP contribution in [-0.2, 0) is 10.0 Å². The quantitative estimate of drug-likeness (QED) is 0.335. The molecular weight excluding hydrogens is 555 g/mol. The van der Waals surface area contributed by atoms with Gasteiger partial charge in [-0.1, -0.05) is 34.8 Å². The van der Waals surface area contributed by atoms with Crippen LogP contribution in [0, 0.1) is 0 Å². The van der Waals surface area contributed by atoms with Gasteiger partial charge in [0, 0.05) is 30.0 Å². The maximum atomic E-state index is 13.2. The molecule has 0 aliphatic rings. The Labute approximate surface area is 223 Å². The molecule has 3 aromatic rings. The van der Waals surface area contributed by atoms with Crippen molar-refractivity contribution in [3.05, 3.63) is 63.1 Å². The van der Waals surface area contributed by atoms with Crippen LogP contribution in [0.5, 0.6) is 23.0 Å².